The van der Waals surface area contributed by atoms with Crippen molar-refractivity contribution >= 4 is 21.8 Å². The topological polar surface area (TPSA) is 29.1 Å². The molecule has 4 heteroatoms. The van der Waals surface area contributed by atoms with Crippen LogP contribution in [0.4, 0.5) is 4.39 Å². The predicted molar refractivity (Wildman–Crippen MR) is 77.6 cm³/mol. The van der Waals surface area contributed by atoms with E-state index in [-0.39, 0.29) is 17.5 Å². The van der Waals surface area contributed by atoms with Crippen molar-refractivity contribution in [3.8, 4) is 0 Å². The van der Waals surface area contributed by atoms with Gasteiger partial charge in [-0.15, -0.1) is 0 Å². The predicted octanol–water partition coefficient (Wildman–Crippen LogP) is 4.29. The van der Waals surface area contributed by atoms with Gasteiger partial charge < -0.3 is 5.32 Å². The summed E-state index contributed by atoms with van der Waals surface area (Å²) in [6.07, 6.45) is 5.47. The first kappa shape index (κ1) is 14.5. The smallest absolute Gasteiger partial charge is 0.254 e. The van der Waals surface area contributed by atoms with Gasteiger partial charge in [0.15, 0.2) is 0 Å². The number of hydrogen-bond donors (Lipinski definition) is 1. The summed E-state index contributed by atoms with van der Waals surface area (Å²) < 4.78 is 14.3. The number of amides is 1. The summed E-state index contributed by atoms with van der Waals surface area (Å²) in [7, 11) is 0. The molecule has 1 amide bonds. The average Bonchev–Trinajstić information content (AvgIpc) is 2.54. The molecule has 2 atom stereocenters. The van der Waals surface area contributed by atoms with E-state index in [4.69, 9.17) is 0 Å². The van der Waals surface area contributed by atoms with E-state index in [1.54, 1.807) is 6.07 Å². The van der Waals surface area contributed by atoms with Gasteiger partial charge in [0.1, 0.15) is 5.82 Å². The first-order valence-electron chi connectivity index (χ1n) is 6.82. The molecule has 2 rings (SSSR count). The maximum Gasteiger partial charge on any atom is 0.254 e. The quantitative estimate of drug-likeness (QED) is 0.807. The minimum absolute atomic E-state index is 0.125. The highest BCUT2D eigenvalue weighted by Gasteiger charge is 2.20. The molecule has 1 aliphatic rings. The Balaban J connectivity index is 2.00. The minimum Gasteiger partial charge on any atom is -0.349 e. The molecule has 1 saturated carbocycles. The van der Waals surface area contributed by atoms with E-state index in [0.717, 1.165) is 31.6 Å². The maximum atomic E-state index is 13.7. The van der Waals surface area contributed by atoms with Crippen LogP contribution in [-0.2, 0) is 0 Å². The Morgan fingerprint density at radius 1 is 1.32 bits per heavy atom. The number of benzene rings is 1. The number of halogens is 2. The molecule has 0 aromatic heterocycles. The number of carbonyl (C=O) groups is 1. The van der Waals surface area contributed by atoms with E-state index in [1.807, 2.05) is 0 Å². The van der Waals surface area contributed by atoms with Gasteiger partial charge in [0, 0.05) is 10.5 Å². The monoisotopic (exact) mass is 327 g/mol. The lowest BCUT2D eigenvalue weighted by Gasteiger charge is -2.16. The van der Waals surface area contributed by atoms with Crippen molar-refractivity contribution < 1.29 is 9.18 Å². The van der Waals surface area contributed by atoms with Gasteiger partial charge in [-0.25, -0.2) is 4.39 Å². The first-order valence-corrected chi connectivity index (χ1v) is 7.61. The average molecular weight is 328 g/mol. The lowest BCUT2D eigenvalue weighted by molar-refractivity contribution is 0.0929. The fourth-order valence-corrected chi connectivity index (χ4v) is 2.90. The second kappa shape index (κ2) is 6.51. The molecule has 0 aliphatic heterocycles. The zero-order valence-electron chi connectivity index (χ0n) is 11.1. The van der Waals surface area contributed by atoms with Crippen LogP contribution >= 0.6 is 15.9 Å². The second-order valence-electron chi connectivity index (χ2n) is 5.41. The van der Waals surface area contributed by atoms with Gasteiger partial charge in [0.2, 0.25) is 0 Å². The molecule has 0 spiro atoms. The van der Waals surface area contributed by atoms with Crippen molar-refractivity contribution in [1.82, 2.24) is 5.32 Å². The Morgan fingerprint density at radius 2 is 2.11 bits per heavy atom. The Kier molecular flexibility index (Phi) is 4.97. The second-order valence-corrected chi connectivity index (χ2v) is 6.32. The molecule has 1 aromatic carbocycles. The van der Waals surface area contributed by atoms with Gasteiger partial charge in [-0.1, -0.05) is 35.7 Å². The van der Waals surface area contributed by atoms with Gasteiger partial charge in [0.05, 0.1) is 5.56 Å². The lowest BCUT2D eigenvalue weighted by atomic mass is 10.0. The summed E-state index contributed by atoms with van der Waals surface area (Å²) in [5, 5.41) is 2.96. The van der Waals surface area contributed by atoms with E-state index in [9.17, 15) is 9.18 Å². The van der Waals surface area contributed by atoms with Gasteiger partial charge in [-0.05, 0) is 43.4 Å². The van der Waals surface area contributed by atoms with Crippen LogP contribution in [0.2, 0.25) is 0 Å². The van der Waals surface area contributed by atoms with E-state index in [2.05, 4.69) is 28.2 Å². The molecule has 1 aromatic rings. The summed E-state index contributed by atoms with van der Waals surface area (Å²) in [5.41, 5.74) is 0.125. The summed E-state index contributed by atoms with van der Waals surface area (Å²) >= 11 is 3.19. The van der Waals surface area contributed by atoms with Gasteiger partial charge in [-0.3, -0.25) is 4.79 Å². The van der Waals surface area contributed by atoms with Crippen LogP contribution in [0, 0.1) is 11.7 Å². The third kappa shape index (κ3) is 4.03. The van der Waals surface area contributed by atoms with E-state index in [0.29, 0.717) is 4.47 Å². The molecule has 2 nitrogen and oxygen atoms in total. The molecule has 2 unspecified atom stereocenters. The van der Waals surface area contributed by atoms with Crippen LogP contribution < -0.4 is 5.32 Å². The Labute approximate surface area is 121 Å². The molecule has 1 aliphatic carbocycles. The maximum absolute atomic E-state index is 13.7. The third-order valence-electron chi connectivity index (χ3n) is 3.77. The van der Waals surface area contributed by atoms with Crippen LogP contribution in [0.25, 0.3) is 0 Å². The summed E-state index contributed by atoms with van der Waals surface area (Å²) in [6.45, 7) is 2.25. The molecule has 19 heavy (non-hydrogen) atoms. The number of carbonyl (C=O) groups excluding carboxylic acids is 1. The minimum atomic E-state index is -0.478. The van der Waals surface area contributed by atoms with Crippen molar-refractivity contribution in [2.45, 2.75) is 45.1 Å². The Hall–Kier alpha value is -0.900. The molecule has 1 N–H and O–H groups in total. The summed E-state index contributed by atoms with van der Waals surface area (Å²) in [4.78, 5) is 12.1. The SMILES string of the molecule is CC1CCCC(NC(=O)c2ccc(Br)cc2F)CC1. The molecule has 104 valence electrons. The number of rotatable bonds is 2. The van der Waals surface area contributed by atoms with E-state index < -0.39 is 5.82 Å². The van der Waals surface area contributed by atoms with Crippen molar-refractivity contribution in [2.24, 2.45) is 5.92 Å². The fraction of sp³-hybridized carbons (Fsp3) is 0.533. The summed E-state index contributed by atoms with van der Waals surface area (Å²) in [6, 6.07) is 4.71. The molecule has 0 radical (unpaired) electrons. The molecular formula is C15H19BrFNO. The zero-order valence-corrected chi connectivity index (χ0v) is 12.7. The summed E-state index contributed by atoms with van der Waals surface area (Å²) in [5.74, 6) is -0.0512. The largest absolute Gasteiger partial charge is 0.349 e. The van der Waals surface area contributed by atoms with Crippen molar-refractivity contribution in [2.75, 3.05) is 0 Å². The number of hydrogen-bond acceptors (Lipinski definition) is 1. The van der Waals surface area contributed by atoms with Crippen LogP contribution in [0.3, 0.4) is 0 Å². The molecule has 0 saturated heterocycles. The highest BCUT2D eigenvalue weighted by atomic mass is 79.9. The Morgan fingerprint density at radius 3 is 2.84 bits per heavy atom. The van der Waals surface area contributed by atoms with Gasteiger partial charge in [0.25, 0.3) is 5.91 Å². The molecule has 0 heterocycles. The van der Waals surface area contributed by atoms with Gasteiger partial charge in [-0.2, -0.15) is 0 Å². The standard InChI is InChI=1S/C15H19BrFNO/c1-10-3-2-4-12(7-5-10)18-15(19)13-8-6-11(16)9-14(13)17/h6,8-10,12H,2-5,7H2,1H3,(H,18,19). The highest BCUT2D eigenvalue weighted by Crippen LogP contribution is 2.23. The van der Waals surface area contributed by atoms with E-state index >= 15 is 0 Å². The van der Waals surface area contributed by atoms with Crippen LogP contribution in [0.15, 0.2) is 22.7 Å². The fourth-order valence-electron chi connectivity index (χ4n) is 2.57. The zero-order chi connectivity index (χ0) is 13.8. The first-order chi connectivity index (χ1) is 9.06. The van der Waals surface area contributed by atoms with Crippen molar-refractivity contribution in [3.63, 3.8) is 0 Å². The molecule has 1 fully saturated rings. The highest BCUT2D eigenvalue weighted by molar-refractivity contribution is 9.10. The third-order valence-corrected chi connectivity index (χ3v) is 4.26. The normalized spacial score (nSPS) is 23.7. The van der Waals surface area contributed by atoms with Gasteiger partial charge >= 0.3 is 0 Å². The lowest BCUT2D eigenvalue weighted by Crippen LogP contribution is -2.34. The molecule has 0 bridgehead atoms. The van der Waals surface area contributed by atoms with Crippen molar-refractivity contribution in [3.05, 3.63) is 34.1 Å². The van der Waals surface area contributed by atoms with Crippen LogP contribution in [-0.4, -0.2) is 11.9 Å². The van der Waals surface area contributed by atoms with Crippen LogP contribution in [0.5, 0.6) is 0 Å². The van der Waals surface area contributed by atoms with E-state index in [1.165, 1.54) is 18.6 Å². The Bertz CT molecular complexity index is 463. The van der Waals surface area contributed by atoms with Crippen molar-refractivity contribution in [1.29, 1.82) is 0 Å². The van der Waals surface area contributed by atoms with Crippen LogP contribution in [0.1, 0.15) is 49.4 Å². The number of nitrogens with one attached hydrogen (secondary N) is 1. The molecular weight excluding hydrogens is 309 g/mol.